The van der Waals surface area contributed by atoms with Gasteiger partial charge in [0.2, 0.25) is 8.27 Å². The van der Waals surface area contributed by atoms with Crippen LogP contribution in [0.4, 0.5) is 0 Å². The maximum absolute atomic E-state index is 11.0. The molecule has 0 atom stereocenters. The molecule has 0 radical (unpaired) electrons. The van der Waals surface area contributed by atoms with E-state index in [0.717, 1.165) is 0 Å². The molecule has 6 heteroatoms. The predicted octanol–water partition coefficient (Wildman–Crippen LogP) is 3.08. The first kappa shape index (κ1) is 10.3. The van der Waals surface area contributed by atoms with Crippen LogP contribution in [0.25, 0.3) is 0 Å². The lowest BCUT2D eigenvalue weighted by Gasteiger charge is -1.99. The Morgan fingerprint density at radius 2 is 1.83 bits per heavy atom. The number of hydrogen-bond acceptors (Lipinski definition) is 2. The summed E-state index contributed by atoms with van der Waals surface area (Å²) < 4.78 is 22.0. The van der Waals surface area contributed by atoms with Crippen molar-refractivity contribution in [3.05, 3.63) is 28.2 Å². The van der Waals surface area contributed by atoms with Crippen molar-refractivity contribution in [3.8, 4) is 0 Å². The minimum Gasteiger partial charge on any atom is -0.212 e. The number of rotatable bonds is 1. The lowest BCUT2D eigenvalue weighted by atomic mass is 10.4. The van der Waals surface area contributed by atoms with E-state index >= 15 is 0 Å². The molecule has 0 aliphatic rings. The van der Waals surface area contributed by atoms with Gasteiger partial charge in [0.05, 0.1) is 24.7 Å². The summed E-state index contributed by atoms with van der Waals surface area (Å²) in [4.78, 5) is -0.0170. The average molecular weight is 290 g/mol. The van der Waals surface area contributed by atoms with E-state index in [0.29, 0.717) is 5.02 Å². The number of benzene rings is 1. The van der Waals surface area contributed by atoms with E-state index in [1.165, 1.54) is 18.2 Å². The van der Waals surface area contributed by atoms with Crippen molar-refractivity contribution < 1.29 is 8.42 Å². The third-order valence-electron chi connectivity index (χ3n) is 1.16. The molecule has 12 heavy (non-hydrogen) atoms. The molecule has 0 aliphatic heterocycles. The summed E-state index contributed by atoms with van der Waals surface area (Å²) in [6, 6.07) is 4.23. The van der Waals surface area contributed by atoms with E-state index in [-0.39, 0.29) is 9.92 Å². The van der Waals surface area contributed by atoms with E-state index in [1.54, 1.807) is 0 Å². The summed E-state index contributed by atoms with van der Waals surface area (Å²) in [5.74, 6) is 0. The van der Waals surface area contributed by atoms with Crippen molar-refractivity contribution >= 4 is 46.3 Å². The molecule has 0 bridgehead atoms. The van der Waals surface area contributed by atoms with Crippen molar-refractivity contribution in [1.29, 1.82) is 0 Å². The number of hydrogen-bond donors (Lipinski definition) is 0. The molecule has 0 fully saturated rings. The fourth-order valence-corrected chi connectivity index (χ4v) is 2.97. The monoisotopic (exact) mass is 288 g/mol. The van der Waals surface area contributed by atoms with Crippen LogP contribution >= 0.6 is 38.0 Å². The van der Waals surface area contributed by atoms with Crippen LogP contribution in [0.1, 0.15) is 0 Å². The Hall–Kier alpha value is 0.230. The van der Waals surface area contributed by atoms with Gasteiger partial charge in [-0.3, -0.25) is 0 Å². The van der Waals surface area contributed by atoms with Gasteiger partial charge < -0.3 is 0 Å². The second kappa shape index (κ2) is 3.54. The molecule has 0 unspecified atom stereocenters. The molecule has 0 aromatic heterocycles. The second-order valence-corrected chi connectivity index (χ2v) is 6.73. The average Bonchev–Trinajstić information content (AvgIpc) is 1.92. The van der Waals surface area contributed by atoms with Crippen molar-refractivity contribution in [2.75, 3.05) is 0 Å². The molecule has 0 N–H and O–H groups in total. The molecule has 66 valence electrons. The van der Waals surface area contributed by atoms with Crippen LogP contribution in [-0.2, 0) is 8.27 Å². The summed E-state index contributed by atoms with van der Waals surface area (Å²) in [6.45, 7) is 0. The minimum absolute atomic E-state index is 0.0170. The Labute approximate surface area is 87.6 Å². The van der Waals surface area contributed by atoms with Crippen LogP contribution in [-0.4, -0.2) is 8.42 Å². The molecule has 1 rings (SSSR count). The predicted molar refractivity (Wildman–Crippen MR) is 52.6 cm³/mol. The molecule has 0 amide bonds. The van der Waals surface area contributed by atoms with Crippen molar-refractivity contribution in [2.45, 2.75) is 4.90 Å². The first-order valence-corrected chi connectivity index (χ1v) is 6.89. The van der Waals surface area contributed by atoms with Crippen molar-refractivity contribution in [3.63, 3.8) is 0 Å². The molecule has 0 saturated carbocycles. The third kappa shape index (κ3) is 2.36. The van der Waals surface area contributed by atoms with Gasteiger partial charge in [0.15, 0.2) is 0 Å². The van der Waals surface area contributed by atoms with E-state index < -0.39 is 8.27 Å². The van der Waals surface area contributed by atoms with E-state index in [9.17, 15) is 8.42 Å². The fourth-order valence-electron chi connectivity index (χ4n) is 0.664. The van der Waals surface area contributed by atoms with E-state index in [2.05, 4.69) is 14.8 Å². The lowest BCUT2D eigenvalue weighted by Crippen LogP contribution is -1.90. The second-order valence-electron chi connectivity index (χ2n) is 2.01. The maximum Gasteiger partial charge on any atom is 0.239 e. The van der Waals surface area contributed by atoms with Crippen LogP contribution in [0.15, 0.2) is 23.1 Å². The zero-order valence-electron chi connectivity index (χ0n) is 5.59. The minimum atomic E-state index is -3.46. The molecular weight excluding hydrogens is 287 g/mol. The standard InChI is InChI=1S/C6H3BrCl2O2S/c7-12(10,11)6-3-4(8)1-2-5(6)9/h1-3H. The van der Waals surface area contributed by atoms with Crippen LogP contribution in [0.5, 0.6) is 0 Å². The highest BCUT2D eigenvalue weighted by atomic mass is 79.9. The van der Waals surface area contributed by atoms with Crippen LogP contribution in [0.3, 0.4) is 0 Å². The van der Waals surface area contributed by atoms with Gasteiger partial charge in [-0.15, -0.1) is 0 Å². The highest BCUT2D eigenvalue weighted by molar-refractivity contribution is 9.47. The Balaban J connectivity index is 3.43. The SMILES string of the molecule is O=S(=O)(Br)c1cc(Cl)ccc1Cl. The van der Waals surface area contributed by atoms with Gasteiger partial charge in [0.1, 0.15) is 0 Å². The highest BCUT2D eigenvalue weighted by Crippen LogP contribution is 2.28. The first-order chi connectivity index (χ1) is 5.41. The Bertz CT molecular complexity index is 402. The largest absolute Gasteiger partial charge is 0.239 e. The lowest BCUT2D eigenvalue weighted by molar-refractivity contribution is 0.611. The highest BCUT2D eigenvalue weighted by Gasteiger charge is 2.13. The number of halogens is 3. The summed E-state index contributed by atoms with van der Waals surface area (Å²) in [7, 11) is -3.46. The fraction of sp³-hybridized carbons (Fsp3) is 0. The molecular formula is C6H3BrCl2O2S. The topological polar surface area (TPSA) is 34.1 Å². The molecule has 0 heterocycles. The molecule has 1 aromatic carbocycles. The van der Waals surface area contributed by atoms with Crippen molar-refractivity contribution in [1.82, 2.24) is 0 Å². The summed E-state index contributed by atoms with van der Waals surface area (Å²) >= 11 is 13.7. The van der Waals surface area contributed by atoms with E-state index in [4.69, 9.17) is 23.2 Å². The summed E-state index contributed by atoms with van der Waals surface area (Å²) in [6.07, 6.45) is 0. The van der Waals surface area contributed by atoms with Crippen molar-refractivity contribution in [2.24, 2.45) is 0 Å². The molecule has 0 aliphatic carbocycles. The van der Waals surface area contributed by atoms with E-state index in [1.807, 2.05) is 0 Å². The normalized spacial score (nSPS) is 11.6. The van der Waals surface area contributed by atoms with Gasteiger partial charge in [-0.25, -0.2) is 8.42 Å². The Kier molecular flexibility index (Phi) is 3.04. The third-order valence-corrected chi connectivity index (χ3v) is 3.74. The molecule has 0 saturated heterocycles. The van der Waals surface area contributed by atoms with Gasteiger partial charge in [0.25, 0.3) is 0 Å². The summed E-state index contributed by atoms with van der Waals surface area (Å²) in [5, 5.41) is 0.480. The van der Waals surface area contributed by atoms with Crippen LogP contribution in [0.2, 0.25) is 10.0 Å². The summed E-state index contributed by atoms with van der Waals surface area (Å²) in [5.41, 5.74) is 0. The quantitative estimate of drug-likeness (QED) is 0.745. The maximum atomic E-state index is 11.0. The molecule has 1 aromatic rings. The van der Waals surface area contributed by atoms with Gasteiger partial charge in [-0.1, -0.05) is 23.2 Å². The van der Waals surface area contributed by atoms with Gasteiger partial charge in [-0.2, -0.15) is 0 Å². The first-order valence-electron chi connectivity index (χ1n) is 2.81. The zero-order chi connectivity index (χ0) is 9.35. The van der Waals surface area contributed by atoms with Gasteiger partial charge >= 0.3 is 0 Å². The zero-order valence-corrected chi connectivity index (χ0v) is 9.51. The Morgan fingerprint density at radius 3 is 2.25 bits per heavy atom. The smallest absolute Gasteiger partial charge is 0.212 e. The van der Waals surface area contributed by atoms with Gasteiger partial charge in [-0.05, 0) is 18.2 Å². The molecule has 2 nitrogen and oxygen atoms in total. The molecule has 0 spiro atoms. The Morgan fingerprint density at radius 1 is 1.25 bits per heavy atom. The van der Waals surface area contributed by atoms with Gasteiger partial charge in [0, 0.05) is 5.02 Å². The van der Waals surface area contributed by atoms with Crippen LogP contribution in [0, 0.1) is 0 Å². The van der Waals surface area contributed by atoms with Crippen LogP contribution < -0.4 is 0 Å².